The average molecular weight is 209 g/mol. The van der Waals surface area contributed by atoms with Gasteiger partial charge in [0.2, 0.25) is 0 Å². The number of nitriles is 1. The van der Waals surface area contributed by atoms with E-state index in [1.807, 2.05) is 0 Å². The number of halogens is 1. The number of ether oxygens (including phenoxy) is 2. The molecule has 4 nitrogen and oxygen atoms in total. The summed E-state index contributed by atoms with van der Waals surface area (Å²) in [5.41, 5.74) is -0.1000. The zero-order valence-electron chi connectivity index (χ0n) is 7.74. The Labute approximate surface area is 85.5 Å². The molecule has 0 bridgehead atoms. The fraction of sp³-hybridized carbons (Fsp3) is 0.300. The molecule has 2 rings (SSSR count). The number of phenolic OH excluding ortho intramolecular Hbond substituents is 1. The first-order chi connectivity index (χ1) is 7.24. The zero-order chi connectivity index (χ0) is 10.8. The van der Waals surface area contributed by atoms with Crippen molar-refractivity contribution in [2.24, 2.45) is 0 Å². The Kier molecular flexibility index (Phi) is 2.54. The summed E-state index contributed by atoms with van der Waals surface area (Å²) in [6, 6.07) is 4.05. The third-order valence-electron chi connectivity index (χ3n) is 2.15. The second-order valence-corrected chi connectivity index (χ2v) is 3.05. The molecule has 0 unspecified atom stereocenters. The van der Waals surface area contributed by atoms with Crippen LogP contribution in [0.3, 0.4) is 0 Å². The van der Waals surface area contributed by atoms with E-state index < -0.39 is 17.9 Å². The zero-order valence-corrected chi connectivity index (χ0v) is 7.74. The molecule has 1 heterocycles. The Morgan fingerprint density at radius 3 is 2.67 bits per heavy atom. The minimum Gasteiger partial charge on any atom is -0.506 e. The highest BCUT2D eigenvalue weighted by Gasteiger charge is 2.24. The molecule has 0 atom stereocenters. The van der Waals surface area contributed by atoms with Gasteiger partial charge >= 0.3 is 0 Å². The van der Waals surface area contributed by atoms with Crippen molar-refractivity contribution in [3.63, 3.8) is 0 Å². The molecule has 0 aromatic heterocycles. The molecule has 1 saturated heterocycles. The van der Waals surface area contributed by atoms with E-state index >= 15 is 0 Å². The first-order valence-electron chi connectivity index (χ1n) is 4.38. The van der Waals surface area contributed by atoms with Gasteiger partial charge in [-0.1, -0.05) is 0 Å². The molecule has 78 valence electrons. The number of nitrogens with zero attached hydrogens (tertiary/aromatic N) is 1. The molecule has 1 fully saturated rings. The van der Waals surface area contributed by atoms with Crippen LogP contribution in [0.25, 0.3) is 0 Å². The highest BCUT2D eigenvalue weighted by atomic mass is 19.1. The Hall–Kier alpha value is -1.64. The average Bonchev–Trinajstić information content (AvgIpc) is 2.71. The van der Waals surface area contributed by atoms with Crippen LogP contribution in [0, 0.1) is 17.1 Å². The monoisotopic (exact) mass is 209 g/mol. The SMILES string of the molecule is N#Cc1c(F)ccc(C2OCCO2)c1O. The Balaban J connectivity index is 2.45. The fourth-order valence-corrected chi connectivity index (χ4v) is 1.42. The van der Waals surface area contributed by atoms with E-state index in [1.165, 1.54) is 6.07 Å². The number of aromatic hydroxyl groups is 1. The lowest BCUT2D eigenvalue weighted by atomic mass is 10.1. The summed E-state index contributed by atoms with van der Waals surface area (Å²) in [6.07, 6.45) is -0.710. The van der Waals surface area contributed by atoms with Crippen LogP contribution in [0.1, 0.15) is 17.4 Å². The van der Waals surface area contributed by atoms with Gasteiger partial charge in [-0.05, 0) is 12.1 Å². The van der Waals surface area contributed by atoms with Crippen molar-refractivity contribution >= 4 is 0 Å². The van der Waals surface area contributed by atoms with Crippen molar-refractivity contribution in [3.8, 4) is 11.8 Å². The number of hydrogen-bond donors (Lipinski definition) is 1. The lowest BCUT2D eigenvalue weighted by Gasteiger charge is -2.11. The topological polar surface area (TPSA) is 62.5 Å². The van der Waals surface area contributed by atoms with Gasteiger partial charge < -0.3 is 14.6 Å². The molecule has 0 radical (unpaired) electrons. The van der Waals surface area contributed by atoms with Gasteiger partial charge in [-0.15, -0.1) is 0 Å². The van der Waals surface area contributed by atoms with Crippen molar-refractivity contribution in [3.05, 3.63) is 29.1 Å². The third kappa shape index (κ3) is 1.65. The van der Waals surface area contributed by atoms with E-state index in [0.717, 1.165) is 6.07 Å². The highest BCUT2D eigenvalue weighted by Crippen LogP contribution is 2.33. The van der Waals surface area contributed by atoms with E-state index in [-0.39, 0.29) is 11.1 Å². The number of rotatable bonds is 1. The molecule has 1 N–H and O–H groups in total. The van der Waals surface area contributed by atoms with Gasteiger partial charge in [0.15, 0.2) is 6.29 Å². The van der Waals surface area contributed by atoms with Crippen LogP contribution in [0.15, 0.2) is 12.1 Å². The van der Waals surface area contributed by atoms with Crippen molar-refractivity contribution in [1.82, 2.24) is 0 Å². The van der Waals surface area contributed by atoms with E-state index in [9.17, 15) is 9.50 Å². The minimum absolute atomic E-state index is 0.283. The van der Waals surface area contributed by atoms with Crippen LogP contribution in [-0.2, 0) is 9.47 Å². The largest absolute Gasteiger partial charge is 0.506 e. The van der Waals surface area contributed by atoms with E-state index in [0.29, 0.717) is 13.2 Å². The molecule has 1 aliphatic heterocycles. The van der Waals surface area contributed by atoms with Crippen molar-refractivity contribution in [1.29, 1.82) is 5.26 Å². The summed E-state index contributed by atoms with van der Waals surface area (Å²) in [7, 11) is 0. The van der Waals surface area contributed by atoms with Crippen LogP contribution in [-0.4, -0.2) is 18.3 Å². The fourth-order valence-electron chi connectivity index (χ4n) is 1.42. The first kappa shape index (κ1) is 9.90. The van der Waals surface area contributed by atoms with Crippen molar-refractivity contribution < 1.29 is 19.0 Å². The van der Waals surface area contributed by atoms with E-state index in [2.05, 4.69) is 0 Å². The summed E-state index contributed by atoms with van der Waals surface area (Å²) in [4.78, 5) is 0. The van der Waals surface area contributed by atoms with Crippen LogP contribution >= 0.6 is 0 Å². The number of phenols is 1. The van der Waals surface area contributed by atoms with Crippen LogP contribution in [0.4, 0.5) is 4.39 Å². The maximum absolute atomic E-state index is 13.1. The molecule has 15 heavy (non-hydrogen) atoms. The van der Waals surface area contributed by atoms with Crippen LogP contribution < -0.4 is 0 Å². The van der Waals surface area contributed by atoms with E-state index in [1.54, 1.807) is 6.07 Å². The Bertz CT molecular complexity index is 421. The highest BCUT2D eigenvalue weighted by molar-refractivity contribution is 5.48. The predicted molar refractivity (Wildman–Crippen MR) is 47.4 cm³/mol. The maximum Gasteiger partial charge on any atom is 0.187 e. The molecule has 0 saturated carbocycles. The lowest BCUT2D eigenvalue weighted by molar-refractivity contribution is -0.0455. The smallest absolute Gasteiger partial charge is 0.187 e. The predicted octanol–water partition coefficient (Wildman–Crippen LogP) is 1.45. The minimum atomic E-state index is -0.753. The summed E-state index contributed by atoms with van der Waals surface area (Å²) in [5.74, 6) is -1.17. The molecule has 0 aliphatic carbocycles. The Morgan fingerprint density at radius 2 is 2.07 bits per heavy atom. The first-order valence-corrected chi connectivity index (χ1v) is 4.38. The van der Waals surface area contributed by atoms with E-state index in [4.69, 9.17) is 14.7 Å². The second kappa shape index (κ2) is 3.85. The van der Waals surface area contributed by atoms with Gasteiger partial charge in [-0.3, -0.25) is 0 Å². The van der Waals surface area contributed by atoms with Crippen LogP contribution in [0.2, 0.25) is 0 Å². The van der Waals surface area contributed by atoms with Gasteiger partial charge in [-0.2, -0.15) is 5.26 Å². The molecular formula is C10H8FNO3. The quantitative estimate of drug-likeness (QED) is 0.760. The van der Waals surface area contributed by atoms with Crippen LogP contribution in [0.5, 0.6) is 5.75 Å². The van der Waals surface area contributed by atoms with Gasteiger partial charge in [0.25, 0.3) is 0 Å². The molecule has 0 amide bonds. The second-order valence-electron chi connectivity index (χ2n) is 3.05. The number of hydrogen-bond acceptors (Lipinski definition) is 4. The molecule has 5 heteroatoms. The lowest BCUT2D eigenvalue weighted by Crippen LogP contribution is -2.00. The maximum atomic E-state index is 13.1. The molecule has 1 aliphatic rings. The molecule has 1 aromatic carbocycles. The summed E-state index contributed by atoms with van der Waals surface area (Å²) < 4.78 is 23.3. The van der Waals surface area contributed by atoms with Gasteiger partial charge in [0.1, 0.15) is 23.2 Å². The molecule has 0 spiro atoms. The number of benzene rings is 1. The van der Waals surface area contributed by atoms with Gasteiger partial charge in [0, 0.05) is 0 Å². The summed E-state index contributed by atoms with van der Waals surface area (Å²) in [5, 5.41) is 18.2. The summed E-state index contributed by atoms with van der Waals surface area (Å²) in [6.45, 7) is 0.840. The standard InChI is InChI=1S/C10H8FNO3/c11-8-2-1-6(9(13)7(8)5-12)10-14-3-4-15-10/h1-2,10,13H,3-4H2. The Morgan fingerprint density at radius 1 is 1.40 bits per heavy atom. The van der Waals surface area contributed by atoms with Crippen molar-refractivity contribution in [2.75, 3.05) is 13.2 Å². The van der Waals surface area contributed by atoms with Crippen molar-refractivity contribution in [2.45, 2.75) is 6.29 Å². The normalized spacial score (nSPS) is 16.5. The third-order valence-corrected chi connectivity index (χ3v) is 2.15. The molecular weight excluding hydrogens is 201 g/mol. The summed E-state index contributed by atoms with van der Waals surface area (Å²) >= 11 is 0. The molecule has 1 aromatic rings. The van der Waals surface area contributed by atoms with Gasteiger partial charge in [0.05, 0.1) is 18.8 Å². The van der Waals surface area contributed by atoms with Gasteiger partial charge in [-0.25, -0.2) is 4.39 Å².